The molecule has 0 aromatic carbocycles. The first-order valence-corrected chi connectivity index (χ1v) is 9.36. The van der Waals surface area contributed by atoms with Crippen molar-refractivity contribution in [3.8, 4) is 0 Å². The van der Waals surface area contributed by atoms with E-state index in [-0.39, 0.29) is 22.2 Å². The summed E-state index contributed by atoms with van der Waals surface area (Å²) in [7, 11) is 1.21. The Labute approximate surface area is 165 Å². The highest BCUT2D eigenvalue weighted by molar-refractivity contribution is 7.20. The molecule has 1 atom stereocenters. The maximum Gasteiger partial charge on any atom is 0.348 e. The summed E-state index contributed by atoms with van der Waals surface area (Å²) < 4.78 is 9.93. The molecule has 28 heavy (non-hydrogen) atoms. The molecule has 0 saturated heterocycles. The van der Waals surface area contributed by atoms with Crippen LogP contribution in [0.4, 0.5) is 0 Å². The average molecular weight is 409 g/mol. The maximum absolute atomic E-state index is 12.4. The Morgan fingerprint density at radius 1 is 1.29 bits per heavy atom. The van der Waals surface area contributed by atoms with Crippen LogP contribution in [0.25, 0.3) is 10.2 Å². The van der Waals surface area contributed by atoms with Crippen molar-refractivity contribution in [3.63, 3.8) is 0 Å². The highest BCUT2D eigenvalue weighted by atomic mass is 32.1. The molecule has 1 amide bonds. The largest absolute Gasteiger partial charge is 0.465 e. The van der Waals surface area contributed by atoms with E-state index in [1.807, 2.05) is 0 Å². The first kappa shape index (κ1) is 21.5. The first-order chi connectivity index (χ1) is 12.9. The lowest BCUT2D eigenvalue weighted by Gasteiger charge is -2.23. The molecule has 0 unspecified atom stereocenters. The highest BCUT2D eigenvalue weighted by Gasteiger charge is 2.27. The van der Waals surface area contributed by atoms with Crippen LogP contribution in [0.3, 0.4) is 0 Å². The number of carbonyl (C=O) groups excluding carboxylic acids is 3. The molecule has 0 spiro atoms. The molecule has 152 valence electrons. The fourth-order valence-corrected chi connectivity index (χ4v) is 3.66. The smallest absolute Gasteiger partial charge is 0.348 e. The minimum Gasteiger partial charge on any atom is -0.465 e. The molecule has 0 saturated carbocycles. The van der Waals surface area contributed by atoms with Crippen LogP contribution in [0, 0.1) is 6.92 Å². The van der Waals surface area contributed by atoms with Crippen LogP contribution in [0.15, 0.2) is 4.79 Å². The van der Waals surface area contributed by atoms with E-state index in [1.54, 1.807) is 27.7 Å². The van der Waals surface area contributed by atoms with Crippen molar-refractivity contribution in [2.24, 2.45) is 0 Å². The third kappa shape index (κ3) is 4.94. The SMILES string of the molecule is COC(=O)c1sc2nc(C)[nH]c(=O)c2c1CC(=O)O[C@H](C)C(=O)NC(C)(C)C. The predicted molar refractivity (Wildman–Crippen MR) is 103 cm³/mol. The fourth-order valence-electron chi connectivity index (χ4n) is 2.51. The Morgan fingerprint density at radius 3 is 2.50 bits per heavy atom. The number of fused-ring (bicyclic) bond motifs is 1. The summed E-state index contributed by atoms with van der Waals surface area (Å²) in [6.07, 6.45) is -1.40. The number of aromatic nitrogens is 2. The number of carbonyl (C=O) groups is 3. The zero-order valence-electron chi connectivity index (χ0n) is 16.6. The number of H-pyrrole nitrogens is 1. The zero-order valence-corrected chi connectivity index (χ0v) is 17.4. The van der Waals surface area contributed by atoms with Gasteiger partial charge < -0.3 is 19.8 Å². The van der Waals surface area contributed by atoms with Crippen LogP contribution >= 0.6 is 11.3 Å². The van der Waals surface area contributed by atoms with Gasteiger partial charge in [-0.3, -0.25) is 14.4 Å². The second kappa shape index (κ2) is 8.09. The van der Waals surface area contributed by atoms with E-state index in [0.29, 0.717) is 10.7 Å². The molecule has 0 aliphatic carbocycles. The molecular formula is C18H23N3O6S. The molecule has 0 bridgehead atoms. The molecule has 0 fully saturated rings. The number of hydrogen-bond donors (Lipinski definition) is 2. The van der Waals surface area contributed by atoms with Gasteiger partial charge in [-0.15, -0.1) is 11.3 Å². The maximum atomic E-state index is 12.4. The zero-order chi connectivity index (χ0) is 21.2. The number of nitrogens with one attached hydrogen (secondary N) is 2. The Balaban J connectivity index is 2.32. The number of nitrogens with zero attached hydrogens (tertiary/aromatic N) is 1. The van der Waals surface area contributed by atoms with Gasteiger partial charge in [0.25, 0.3) is 11.5 Å². The number of thiophene rings is 1. The first-order valence-electron chi connectivity index (χ1n) is 8.55. The fraction of sp³-hybridized carbons (Fsp3) is 0.500. The molecule has 2 heterocycles. The molecule has 9 nitrogen and oxygen atoms in total. The summed E-state index contributed by atoms with van der Waals surface area (Å²) in [5.74, 6) is -1.49. The van der Waals surface area contributed by atoms with Crippen molar-refractivity contribution in [2.45, 2.75) is 52.7 Å². The number of rotatable bonds is 5. The van der Waals surface area contributed by atoms with Gasteiger partial charge in [-0.25, -0.2) is 9.78 Å². The number of ether oxygens (including phenoxy) is 2. The average Bonchev–Trinajstić information content (AvgIpc) is 2.90. The van der Waals surface area contributed by atoms with E-state index < -0.39 is 35.0 Å². The molecule has 10 heteroatoms. The number of esters is 2. The van der Waals surface area contributed by atoms with Gasteiger partial charge in [0.1, 0.15) is 15.5 Å². The molecule has 0 radical (unpaired) electrons. The van der Waals surface area contributed by atoms with Gasteiger partial charge in [0, 0.05) is 11.1 Å². The standard InChI is InChI=1S/C18H23N3O6S/c1-8(14(23)21-18(3,4)5)27-11(22)7-10-12-15(24)19-9(2)20-16(12)28-13(10)17(25)26-6/h8H,7H2,1-6H3,(H,21,23)(H,19,20,24)/t8-/m1/s1. The van der Waals surface area contributed by atoms with Crippen molar-refractivity contribution in [1.29, 1.82) is 0 Å². The topological polar surface area (TPSA) is 127 Å². The van der Waals surface area contributed by atoms with Crippen LogP contribution in [0.1, 0.15) is 48.8 Å². The molecule has 0 aliphatic rings. The molecule has 2 aromatic heterocycles. The molecule has 2 rings (SSSR count). The molecule has 0 aliphatic heterocycles. The second-order valence-electron chi connectivity index (χ2n) is 7.28. The van der Waals surface area contributed by atoms with Gasteiger partial charge in [0.05, 0.1) is 18.9 Å². The van der Waals surface area contributed by atoms with Crippen molar-refractivity contribution in [1.82, 2.24) is 15.3 Å². The summed E-state index contributed by atoms with van der Waals surface area (Å²) >= 11 is 0.967. The van der Waals surface area contributed by atoms with Gasteiger partial charge in [-0.1, -0.05) is 0 Å². The molecule has 2 N–H and O–H groups in total. The lowest BCUT2D eigenvalue weighted by atomic mass is 10.1. The van der Waals surface area contributed by atoms with Gasteiger partial charge in [0.2, 0.25) is 0 Å². The number of aromatic amines is 1. The van der Waals surface area contributed by atoms with Gasteiger partial charge >= 0.3 is 11.9 Å². The third-order valence-electron chi connectivity index (χ3n) is 3.65. The predicted octanol–water partition coefficient (Wildman–Crippen LogP) is 1.47. The minimum absolute atomic E-state index is 0.102. The van der Waals surface area contributed by atoms with E-state index in [4.69, 9.17) is 9.47 Å². The van der Waals surface area contributed by atoms with Crippen LogP contribution in [-0.2, 0) is 25.5 Å². The summed E-state index contributed by atoms with van der Waals surface area (Å²) in [6.45, 7) is 8.48. The van der Waals surface area contributed by atoms with Crippen molar-refractivity contribution >= 4 is 39.4 Å². The summed E-state index contributed by atoms with van der Waals surface area (Å²) in [6, 6.07) is 0. The van der Waals surface area contributed by atoms with Crippen LogP contribution in [-0.4, -0.2) is 46.6 Å². The number of amides is 1. The molecule has 2 aromatic rings. The van der Waals surface area contributed by atoms with E-state index >= 15 is 0 Å². The van der Waals surface area contributed by atoms with Gasteiger partial charge in [0.15, 0.2) is 6.10 Å². The lowest BCUT2D eigenvalue weighted by molar-refractivity contribution is -0.154. The lowest BCUT2D eigenvalue weighted by Crippen LogP contribution is -2.46. The van der Waals surface area contributed by atoms with E-state index in [2.05, 4.69) is 15.3 Å². The minimum atomic E-state index is -1.03. The Kier molecular flexibility index (Phi) is 6.23. The number of aryl methyl sites for hydroxylation is 1. The van der Waals surface area contributed by atoms with Crippen LogP contribution < -0.4 is 10.9 Å². The Hall–Kier alpha value is -2.75. The Morgan fingerprint density at radius 2 is 1.93 bits per heavy atom. The number of methoxy groups -OCH3 is 1. The van der Waals surface area contributed by atoms with E-state index in [0.717, 1.165) is 11.3 Å². The monoisotopic (exact) mass is 409 g/mol. The van der Waals surface area contributed by atoms with Crippen molar-refractivity contribution in [3.05, 3.63) is 26.6 Å². The third-order valence-corrected chi connectivity index (χ3v) is 4.75. The highest BCUT2D eigenvalue weighted by Crippen LogP contribution is 2.29. The van der Waals surface area contributed by atoms with Crippen molar-refractivity contribution < 1.29 is 23.9 Å². The van der Waals surface area contributed by atoms with Crippen LogP contribution in [0.5, 0.6) is 0 Å². The quantitative estimate of drug-likeness (QED) is 0.716. The normalized spacial score (nSPS) is 12.5. The Bertz CT molecular complexity index is 986. The van der Waals surface area contributed by atoms with Crippen LogP contribution in [0.2, 0.25) is 0 Å². The number of hydrogen-bond acceptors (Lipinski definition) is 8. The summed E-state index contributed by atoms with van der Waals surface area (Å²) in [5.41, 5.74) is -0.764. The summed E-state index contributed by atoms with van der Waals surface area (Å²) in [5, 5.41) is 2.85. The van der Waals surface area contributed by atoms with E-state index in [9.17, 15) is 19.2 Å². The van der Waals surface area contributed by atoms with Crippen molar-refractivity contribution in [2.75, 3.05) is 7.11 Å². The van der Waals surface area contributed by atoms with E-state index in [1.165, 1.54) is 14.0 Å². The molecular weight excluding hydrogens is 386 g/mol. The van der Waals surface area contributed by atoms with Gasteiger partial charge in [-0.2, -0.15) is 0 Å². The van der Waals surface area contributed by atoms with Gasteiger partial charge in [-0.05, 0) is 34.6 Å². The second-order valence-corrected chi connectivity index (χ2v) is 8.28. The summed E-state index contributed by atoms with van der Waals surface area (Å²) in [4.78, 5) is 56.1.